The summed E-state index contributed by atoms with van der Waals surface area (Å²) in [5, 5.41) is 2.09. The minimum atomic E-state index is -0.399. The normalized spacial score (nSPS) is 12.4. The molecule has 0 spiro atoms. The third-order valence-electron chi connectivity index (χ3n) is 3.54. The van der Waals surface area contributed by atoms with Gasteiger partial charge in [-0.25, -0.2) is 4.79 Å². The van der Waals surface area contributed by atoms with Crippen LogP contribution in [-0.2, 0) is 0 Å². The molecular weight excluding hydrogens is 280 g/mol. The van der Waals surface area contributed by atoms with Gasteiger partial charge in [0.05, 0.1) is 5.56 Å². The van der Waals surface area contributed by atoms with Crippen LogP contribution in [0.2, 0.25) is 0 Å². The van der Waals surface area contributed by atoms with Crippen molar-refractivity contribution in [3.05, 3.63) is 66.2 Å². The van der Waals surface area contributed by atoms with Gasteiger partial charge in [-0.05, 0) is 35.0 Å². The van der Waals surface area contributed by atoms with Gasteiger partial charge in [-0.1, -0.05) is 30.3 Å². The number of hydrogen-bond acceptors (Lipinski definition) is 4. The van der Waals surface area contributed by atoms with Gasteiger partial charge in [0.25, 0.3) is 0 Å². The number of benzene rings is 3. The Morgan fingerprint density at radius 2 is 1.68 bits per heavy atom. The molecule has 0 radical (unpaired) electrons. The fraction of sp³-hybridized carbons (Fsp3) is 0.0556. The van der Waals surface area contributed by atoms with E-state index >= 15 is 0 Å². The summed E-state index contributed by atoms with van der Waals surface area (Å²) in [6.45, 7) is 0.192. The molecule has 4 rings (SSSR count). The lowest BCUT2D eigenvalue weighted by molar-refractivity contribution is 0.0734. The molecule has 4 heteroatoms. The van der Waals surface area contributed by atoms with Crippen LogP contribution in [0.4, 0.5) is 0 Å². The Balaban J connectivity index is 1.60. The molecule has 0 aliphatic carbocycles. The molecule has 0 aromatic heterocycles. The summed E-state index contributed by atoms with van der Waals surface area (Å²) < 4.78 is 15.9. The molecule has 0 N–H and O–H groups in total. The van der Waals surface area contributed by atoms with Crippen molar-refractivity contribution in [2.45, 2.75) is 0 Å². The maximum atomic E-state index is 12.3. The van der Waals surface area contributed by atoms with E-state index in [1.54, 1.807) is 24.3 Å². The lowest BCUT2D eigenvalue weighted by Crippen LogP contribution is -2.08. The van der Waals surface area contributed by atoms with E-state index < -0.39 is 5.97 Å². The van der Waals surface area contributed by atoms with E-state index in [0.29, 0.717) is 22.8 Å². The maximum Gasteiger partial charge on any atom is 0.343 e. The SMILES string of the molecule is O=C(Oc1ccc2c(c1)OCO2)c1ccc2ccccc2c1. The molecule has 3 aromatic rings. The molecule has 1 aliphatic rings. The summed E-state index contributed by atoms with van der Waals surface area (Å²) in [7, 11) is 0. The second kappa shape index (κ2) is 5.07. The number of hydrogen-bond donors (Lipinski definition) is 0. The van der Waals surface area contributed by atoms with Crippen LogP contribution in [-0.4, -0.2) is 12.8 Å². The van der Waals surface area contributed by atoms with E-state index in [4.69, 9.17) is 14.2 Å². The number of ether oxygens (including phenoxy) is 3. The first-order valence-corrected chi connectivity index (χ1v) is 6.90. The van der Waals surface area contributed by atoms with Crippen LogP contribution in [0, 0.1) is 0 Å². The van der Waals surface area contributed by atoms with Gasteiger partial charge in [-0.15, -0.1) is 0 Å². The molecule has 0 atom stereocenters. The first kappa shape index (κ1) is 12.7. The number of carbonyl (C=O) groups excluding carboxylic acids is 1. The minimum absolute atomic E-state index is 0.192. The Morgan fingerprint density at radius 3 is 2.59 bits per heavy atom. The molecular formula is C18H12O4. The minimum Gasteiger partial charge on any atom is -0.454 e. The fourth-order valence-electron chi connectivity index (χ4n) is 2.42. The van der Waals surface area contributed by atoms with E-state index in [9.17, 15) is 4.79 Å². The van der Waals surface area contributed by atoms with Gasteiger partial charge in [0.1, 0.15) is 5.75 Å². The molecule has 3 aromatic carbocycles. The monoisotopic (exact) mass is 292 g/mol. The predicted molar refractivity (Wildman–Crippen MR) is 81.5 cm³/mol. The van der Waals surface area contributed by atoms with Crippen molar-refractivity contribution in [2.24, 2.45) is 0 Å². The molecule has 1 heterocycles. The van der Waals surface area contributed by atoms with Crippen molar-refractivity contribution in [2.75, 3.05) is 6.79 Å². The van der Waals surface area contributed by atoms with Crippen LogP contribution in [0.15, 0.2) is 60.7 Å². The van der Waals surface area contributed by atoms with Crippen LogP contribution >= 0.6 is 0 Å². The lowest BCUT2D eigenvalue weighted by atomic mass is 10.1. The quantitative estimate of drug-likeness (QED) is 0.532. The Kier molecular flexibility index (Phi) is 2.93. The van der Waals surface area contributed by atoms with Gasteiger partial charge < -0.3 is 14.2 Å². The molecule has 0 bridgehead atoms. The molecule has 0 saturated heterocycles. The van der Waals surface area contributed by atoms with Crippen LogP contribution in [0.25, 0.3) is 10.8 Å². The van der Waals surface area contributed by atoms with Crippen LogP contribution in [0.1, 0.15) is 10.4 Å². The second-order valence-corrected chi connectivity index (χ2v) is 4.97. The first-order valence-electron chi connectivity index (χ1n) is 6.90. The van der Waals surface area contributed by atoms with Gasteiger partial charge in [0.2, 0.25) is 6.79 Å². The highest BCUT2D eigenvalue weighted by molar-refractivity contribution is 5.96. The molecule has 4 nitrogen and oxygen atoms in total. The van der Waals surface area contributed by atoms with Crippen molar-refractivity contribution < 1.29 is 19.0 Å². The van der Waals surface area contributed by atoms with Gasteiger partial charge in [-0.2, -0.15) is 0 Å². The number of carbonyl (C=O) groups is 1. The lowest BCUT2D eigenvalue weighted by Gasteiger charge is -2.06. The van der Waals surface area contributed by atoms with E-state index in [1.807, 2.05) is 36.4 Å². The number of fused-ring (bicyclic) bond motifs is 2. The smallest absolute Gasteiger partial charge is 0.343 e. The molecule has 1 aliphatic heterocycles. The molecule has 0 amide bonds. The molecule has 108 valence electrons. The predicted octanol–water partition coefficient (Wildman–Crippen LogP) is 3.79. The van der Waals surface area contributed by atoms with Crippen LogP contribution in [0.3, 0.4) is 0 Å². The van der Waals surface area contributed by atoms with E-state index in [-0.39, 0.29) is 6.79 Å². The van der Waals surface area contributed by atoms with Gasteiger partial charge in [0.15, 0.2) is 11.5 Å². The highest BCUT2D eigenvalue weighted by Crippen LogP contribution is 2.35. The third kappa shape index (κ3) is 2.24. The van der Waals surface area contributed by atoms with E-state index in [2.05, 4.69) is 0 Å². The number of rotatable bonds is 2. The van der Waals surface area contributed by atoms with Crippen molar-refractivity contribution in [3.63, 3.8) is 0 Å². The van der Waals surface area contributed by atoms with Crippen molar-refractivity contribution >= 4 is 16.7 Å². The third-order valence-corrected chi connectivity index (χ3v) is 3.54. The Bertz CT molecular complexity index is 870. The highest BCUT2D eigenvalue weighted by Gasteiger charge is 2.16. The van der Waals surface area contributed by atoms with Crippen LogP contribution in [0.5, 0.6) is 17.2 Å². The first-order chi connectivity index (χ1) is 10.8. The largest absolute Gasteiger partial charge is 0.454 e. The van der Waals surface area contributed by atoms with E-state index in [1.165, 1.54) is 0 Å². The summed E-state index contributed by atoms with van der Waals surface area (Å²) in [5.41, 5.74) is 0.511. The Morgan fingerprint density at radius 1 is 0.864 bits per heavy atom. The topological polar surface area (TPSA) is 44.8 Å². The fourth-order valence-corrected chi connectivity index (χ4v) is 2.42. The standard InChI is InChI=1S/C18H12O4/c19-18(14-6-5-12-3-1-2-4-13(12)9-14)22-15-7-8-16-17(10-15)21-11-20-16/h1-10H,11H2. The summed E-state index contributed by atoms with van der Waals surface area (Å²) in [4.78, 5) is 12.3. The van der Waals surface area contributed by atoms with Crippen molar-refractivity contribution in [1.82, 2.24) is 0 Å². The highest BCUT2D eigenvalue weighted by atomic mass is 16.7. The Hall–Kier alpha value is -3.01. The van der Waals surface area contributed by atoms with E-state index in [0.717, 1.165) is 10.8 Å². The number of esters is 1. The average Bonchev–Trinajstić information content (AvgIpc) is 3.02. The summed E-state index contributed by atoms with van der Waals surface area (Å²) >= 11 is 0. The van der Waals surface area contributed by atoms with Crippen molar-refractivity contribution in [1.29, 1.82) is 0 Å². The summed E-state index contributed by atoms with van der Waals surface area (Å²) in [6, 6.07) is 18.4. The molecule has 22 heavy (non-hydrogen) atoms. The zero-order valence-electron chi connectivity index (χ0n) is 11.6. The summed E-state index contributed by atoms with van der Waals surface area (Å²) in [6.07, 6.45) is 0. The Labute approximate surface area is 126 Å². The maximum absolute atomic E-state index is 12.3. The zero-order chi connectivity index (χ0) is 14.9. The zero-order valence-corrected chi connectivity index (χ0v) is 11.6. The second-order valence-electron chi connectivity index (χ2n) is 4.97. The van der Waals surface area contributed by atoms with Gasteiger partial charge in [0, 0.05) is 6.07 Å². The van der Waals surface area contributed by atoms with Gasteiger partial charge in [-0.3, -0.25) is 0 Å². The molecule has 0 unspecified atom stereocenters. The summed E-state index contributed by atoms with van der Waals surface area (Å²) in [5.74, 6) is 1.28. The van der Waals surface area contributed by atoms with Crippen molar-refractivity contribution in [3.8, 4) is 17.2 Å². The molecule has 0 fully saturated rings. The average molecular weight is 292 g/mol. The van der Waals surface area contributed by atoms with Crippen LogP contribution < -0.4 is 14.2 Å². The van der Waals surface area contributed by atoms with Gasteiger partial charge >= 0.3 is 5.97 Å². The molecule has 0 saturated carbocycles.